The normalized spacial score (nSPS) is 28.1. The number of rotatable bonds is 7. The van der Waals surface area contributed by atoms with Crippen molar-refractivity contribution in [3.8, 4) is 0 Å². The molecule has 1 N–H and O–H groups in total. The van der Waals surface area contributed by atoms with Crippen molar-refractivity contribution < 1.29 is 5.11 Å². The molecular weight excluding hydrogens is 228 g/mol. The predicted molar refractivity (Wildman–Crippen MR) is 78.5 cm³/mol. The smallest absolute Gasteiger partial charge is 0.0563 e. The Morgan fingerprint density at radius 2 is 1.94 bits per heavy atom. The Kier molecular flexibility index (Phi) is 5.81. The Labute approximate surface area is 110 Å². The molecule has 2 unspecified atom stereocenters. The molecule has 1 aliphatic heterocycles. The zero-order valence-electron chi connectivity index (χ0n) is 11.6. The van der Waals surface area contributed by atoms with Gasteiger partial charge < -0.3 is 5.11 Å². The molecular formula is C15H26OS. The Morgan fingerprint density at radius 3 is 2.47 bits per heavy atom. The average Bonchev–Trinajstić information content (AvgIpc) is 2.89. The maximum absolute atomic E-state index is 9.08. The molecule has 0 aromatic carbocycles. The quantitative estimate of drug-likeness (QED) is 0.539. The molecule has 2 atom stereocenters. The van der Waals surface area contributed by atoms with Crippen LogP contribution in [0, 0.1) is 0 Å². The summed E-state index contributed by atoms with van der Waals surface area (Å²) in [5.41, 5.74) is 2.91. The van der Waals surface area contributed by atoms with E-state index in [4.69, 9.17) is 5.11 Å². The molecule has 1 fully saturated rings. The predicted octanol–water partition coefficient (Wildman–Crippen LogP) is 4.33. The van der Waals surface area contributed by atoms with Gasteiger partial charge in [-0.1, -0.05) is 23.3 Å². The summed E-state index contributed by atoms with van der Waals surface area (Å²) in [7, 11) is 0. The van der Waals surface area contributed by atoms with Gasteiger partial charge in [-0.05, 0) is 53.4 Å². The van der Waals surface area contributed by atoms with Gasteiger partial charge in [-0.3, -0.25) is 0 Å². The van der Waals surface area contributed by atoms with Crippen LogP contribution < -0.4 is 0 Å². The molecule has 17 heavy (non-hydrogen) atoms. The summed E-state index contributed by atoms with van der Waals surface area (Å²) >= 11 is 1.92. The van der Waals surface area contributed by atoms with Gasteiger partial charge in [-0.2, -0.15) is 0 Å². The lowest BCUT2D eigenvalue weighted by Gasteiger charge is -2.06. The van der Waals surface area contributed by atoms with E-state index in [0.29, 0.717) is 16.6 Å². The van der Waals surface area contributed by atoms with Gasteiger partial charge in [0.1, 0.15) is 0 Å². The van der Waals surface area contributed by atoms with E-state index < -0.39 is 0 Å². The van der Waals surface area contributed by atoms with Gasteiger partial charge in [0, 0.05) is 10.00 Å². The molecule has 0 aromatic heterocycles. The van der Waals surface area contributed by atoms with E-state index in [2.05, 4.69) is 39.8 Å². The fourth-order valence-electron chi connectivity index (χ4n) is 2.04. The lowest BCUT2D eigenvalue weighted by atomic mass is 10.0. The molecule has 0 amide bonds. The summed E-state index contributed by atoms with van der Waals surface area (Å²) in [5.74, 6) is 0. The van der Waals surface area contributed by atoms with E-state index in [0.717, 1.165) is 12.8 Å². The Morgan fingerprint density at radius 1 is 1.24 bits per heavy atom. The first kappa shape index (κ1) is 14.8. The highest BCUT2D eigenvalue weighted by molar-refractivity contribution is 8.08. The highest BCUT2D eigenvalue weighted by Gasteiger charge is 2.49. The van der Waals surface area contributed by atoms with Crippen LogP contribution in [0.1, 0.15) is 53.4 Å². The van der Waals surface area contributed by atoms with Gasteiger partial charge in [0.15, 0.2) is 0 Å². The summed E-state index contributed by atoms with van der Waals surface area (Å²) in [5, 5.41) is 9.56. The minimum atomic E-state index is 0.338. The molecule has 0 radical (unpaired) electrons. The van der Waals surface area contributed by atoms with Crippen LogP contribution in [-0.2, 0) is 0 Å². The average molecular weight is 254 g/mol. The first-order valence-electron chi connectivity index (χ1n) is 6.55. The molecule has 2 heteroatoms. The lowest BCUT2D eigenvalue weighted by molar-refractivity contribution is 0.292. The molecule has 1 saturated heterocycles. The summed E-state index contributed by atoms with van der Waals surface area (Å²) in [4.78, 5) is 0. The number of hydrogen-bond acceptors (Lipinski definition) is 2. The summed E-state index contributed by atoms with van der Waals surface area (Å²) in [6.45, 7) is 9.14. The fourth-order valence-corrected chi connectivity index (χ4v) is 3.12. The SMILES string of the molecule is CC(C)=CCCC(C)=CCCC1(C)SC1CO. The van der Waals surface area contributed by atoms with Gasteiger partial charge in [0.25, 0.3) is 0 Å². The third-order valence-electron chi connectivity index (χ3n) is 3.43. The van der Waals surface area contributed by atoms with E-state index in [-0.39, 0.29) is 0 Å². The van der Waals surface area contributed by atoms with Crippen molar-refractivity contribution in [2.45, 2.75) is 63.4 Å². The molecule has 0 aliphatic carbocycles. The fraction of sp³-hybridized carbons (Fsp3) is 0.733. The molecule has 1 heterocycles. The molecule has 1 rings (SSSR count). The molecule has 98 valence electrons. The third kappa shape index (κ3) is 5.31. The van der Waals surface area contributed by atoms with Crippen molar-refractivity contribution in [1.29, 1.82) is 0 Å². The molecule has 1 nitrogen and oxygen atoms in total. The van der Waals surface area contributed by atoms with E-state index in [9.17, 15) is 0 Å². The second-order valence-corrected chi connectivity index (χ2v) is 7.25. The summed E-state index contributed by atoms with van der Waals surface area (Å²) in [6.07, 6.45) is 9.37. The first-order valence-corrected chi connectivity index (χ1v) is 7.43. The third-order valence-corrected chi connectivity index (χ3v) is 5.15. The molecule has 0 saturated carbocycles. The van der Waals surface area contributed by atoms with Crippen LogP contribution in [0.4, 0.5) is 0 Å². The van der Waals surface area contributed by atoms with Gasteiger partial charge in [0.2, 0.25) is 0 Å². The molecule has 0 spiro atoms. The monoisotopic (exact) mass is 254 g/mol. The molecule has 0 aromatic rings. The van der Waals surface area contributed by atoms with E-state index >= 15 is 0 Å². The van der Waals surface area contributed by atoms with Crippen LogP contribution in [0.2, 0.25) is 0 Å². The largest absolute Gasteiger partial charge is 0.395 e. The topological polar surface area (TPSA) is 20.2 Å². The lowest BCUT2D eigenvalue weighted by Crippen LogP contribution is -2.11. The van der Waals surface area contributed by atoms with Crippen molar-refractivity contribution in [3.63, 3.8) is 0 Å². The van der Waals surface area contributed by atoms with Gasteiger partial charge in [-0.15, -0.1) is 11.8 Å². The van der Waals surface area contributed by atoms with Gasteiger partial charge >= 0.3 is 0 Å². The highest BCUT2D eigenvalue weighted by Crippen LogP contribution is 2.55. The summed E-state index contributed by atoms with van der Waals surface area (Å²) < 4.78 is 0.353. The minimum Gasteiger partial charge on any atom is -0.395 e. The second kappa shape index (κ2) is 6.65. The zero-order valence-corrected chi connectivity index (χ0v) is 12.4. The van der Waals surface area contributed by atoms with Crippen LogP contribution >= 0.6 is 11.8 Å². The van der Waals surface area contributed by atoms with Gasteiger partial charge in [-0.25, -0.2) is 0 Å². The van der Waals surface area contributed by atoms with Crippen LogP contribution in [0.15, 0.2) is 23.3 Å². The van der Waals surface area contributed by atoms with Crippen LogP contribution in [0.25, 0.3) is 0 Å². The van der Waals surface area contributed by atoms with Crippen molar-refractivity contribution in [3.05, 3.63) is 23.3 Å². The Balaban J connectivity index is 2.18. The van der Waals surface area contributed by atoms with Crippen LogP contribution in [0.3, 0.4) is 0 Å². The number of hydrogen-bond donors (Lipinski definition) is 1. The zero-order chi connectivity index (χ0) is 12.9. The number of thioether (sulfide) groups is 1. The molecule has 0 bridgehead atoms. The van der Waals surface area contributed by atoms with Crippen LogP contribution in [-0.4, -0.2) is 21.7 Å². The van der Waals surface area contributed by atoms with E-state index in [1.807, 2.05) is 11.8 Å². The Bertz CT molecular complexity index is 302. The maximum Gasteiger partial charge on any atom is 0.0563 e. The van der Waals surface area contributed by atoms with Crippen molar-refractivity contribution in [2.75, 3.05) is 6.61 Å². The van der Waals surface area contributed by atoms with Crippen LogP contribution in [0.5, 0.6) is 0 Å². The first-order chi connectivity index (χ1) is 7.98. The molecule has 1 aliphatic rings. The van der Waals surface area contributed by atoms with Gasteiger partial charge in [0.05, 0.1) is 6.61 Å². The van der Waals surface area contributed by atoms with Crippen molar-refractivity contribution >= 4 is 11.8 Å². The summed E-state index contributed by atoms with van der Waals surface area (Å²) in [6, 6.07) is 0. The second-order valence-electron chi connectivity index (χ2n) is 5.51. The van der Waals surface area contributed by atoms with E-state index in [1.165, 1.54) is 24.0 Å². The standard InChI is InChI=1S/C15H26OS/c1-12(2)7-5-8-13(3)9-6-10-15(4)14(11-16)17-15/h7,9,14,16H,5-6,8,10-11H2,1-4H3. The van der Waals surface area contributed by atoms with E-state index in [1.54, 1.807) is 0 Å². The van der Waals surface area contributed by atoms with Crippen molar-refractivity contribution in [2.24, 2.45) is 0 Å². The highest BCUT2D eigenvalue weighted by atomic mass is 32.2. The number of aliphatic hydroxyl groups is 1. The Hall–Kier alpha value is -0.210. The number of allylic oxidation sites excluding steroid dienone is 4. The number of aliphatic hydroxyl groups excluding tert-OH is 1. The minimum absolute atomic E-state index is 0.338. The maximum atomic E-state index is 9.08. The van der Waals surface area contributed by atoms with Crippen molar-refractivity contribution in [1.82, 2.24) is 0 Å².